The molecule has 1 fully saturated rings. The standard InChI is InChI=1S/C19H19F3N4/c1-13-10-24-26(11-13)15-3-2-8-25(12-15)18-6-7-23-17-9-14(19(20,21)22)4-5-16(17)18/h4-7,9-11,15H,2-3,8,12H2,1H3. The fourth-order valence-corrected chi connectivity index (χ4v) is 3.61. The molecule has 0 bridgehead atoms. The number of hydrogen-bond acceptors (Lipinski definition) is 3. The summed E-state index contributed by atoms with van der Waals surface area (Å²) in [5.41, 5.74) is 1.75. The number of halogens is 3. The lowest BCUT2D eigenvalue weighted by Gasteiger charge is -2.35. The van der Waals surface area contributed by atoms with E-state index in [1.54, 1.807) is 6.20 Å². The molecular weight excluding hydrogens is 341 g/mol. The Hall–Kier alpha value is -2.57. The van der Waals surface area contributed by atoms with E-state index in [0.29, 0.717) is 5.52 Å². The van der Waals surface area contributed by atoms with Crippen molar-refractivity contribution in [1.29, 1.82) is 0 Å². The van der Waals surface area contributed by atoms with Crippen molar-refractivity contribution in [1.82, 2.24) is 14.8 Å². The van der Waals surface area contributed by atoms with Gasteiger partial charge in [-0.05, 0) is 43.5 Å². The summed E-state index contributed by atoms with van der Waals surface area (Å²) in [6.07, 6.45) is 3.15. The number of rotatable bonds is 2. The largest absolute Gasteiger partial charge is 0.416 e. The lowest BCUT2D eigenvalue weighted by Crippen LogP contribution is -2.37. The molecule has 0 saturated carbocycles. The van der Waals surface area contributed by atoms with E-state index in [1.165, 1.54) is 6.07 Å². The second-order valence-electron chi connectivity index (χ2n) is 6.80. The molecule has 1 unspecified atom stereocenters. The van der Waals surface area contributed by atoms with Gasteiger partial charge in [0, 0.05) is 36.6 Å². The highest BCUT2D eigenvalue weighted by molar-refractivity contribution is 5.92. The molecule has 7 heteroatoms. The Labute approximate surface area is 149 Å². The number of nitrogens with zero attached hydrogens (tertiary/aromatic N) is 4. The fourth-order valence-electron chi connectivity index (χ4n) is 3.61. The van der Waals surface area contributed by atoms with Crippen LogP contribution < -0.4 is 4.90 Å². The Kier molecular flexibility index (Phi) is 4.09. The van der Waals surface area contributed by atoms with Crippen molar-refractivity contribution in [3.8, 4) is 0 Å². The minimum atomic E-state index is -4.36. The van der Waals surface area contributed by atoms with Crippen LogP contribution in [0.15, 0.2) is 42.9 Å². The number of hydrogen-bond donors (Lipinski definition) is 0. The summed E-state index contributed by atoms with van der Waals surface area (Å²) in [6, 6.07) is 5.92. The van der Waals surface area contributed by atoms with E-state index in [9.17, 15) is 13.2 Å². The van der Waals surface area contributed by atoms with Crippen molar-refractivity contribution >= 4 is 16.6 Å². The Bertz CT molecular complexity index is 932. The summed E-state index contributed by atoms with van der Waals surface area (Å²) in [6.45, 7) is 3.66. The molecule has 2 aromatic heterocycles. The van der Waals surface area contributed by atoms with Crippen LogP contribution in [0.4, 0.5) is 18.9 Å². The zero-order chi connectivity index (χ0) is 18.3. The molecule has 1 aliphatic rings. The van der Waals surface area contributed by atoms with Crippen molar-refractivity contribution in [3.63, 3.8) is 0 Å². The molecule has 1 aliphatic heterocycles. The quantitative estimate of drug-likeness (QED) is 0.670. The first-order valence-corrected chi connectivity index (χ1v) is 8.63. The molecule has 136 valence electrons. The van der Waals surface area contributed by atoms with E-state index in [1.807, 2.05) is 30.1 Å². The number of alkyl halides is 3. The molecule has 0 amide bonds. The first-order valence-electron chi connectivity index (χ1n) is 8.63. The average Bonchev–Trinajstić information content (AvgIpc) is 3.06. The minimum Gasteiger partial charge on any atom is -0.369 e. The van der Waals surface area contributed by atoms with Gasteiger partial charge in [0.05, 0.1) is 23.3 Å². The molecule has 1 aromatic carbocycles. The number of pyridine rings is 1. The second-order valence-corrected chi connectivity index (χ2v) is 6.80. The normalized spacial score (nSPS) is 18.5. The van der Waals surface area contributed by atoms with Crippen LogP contribution in [0.25, 0.3) is 10.9 Å². The van der Waals surface area contributed by atoms with Gasteiger partial charge in [0.1, 0.15) is 0 Å². The van der Waals surface area contributed by atoms with Crippen LogP contribution in [-0.4, -0.2) is 27.9 Å². The zero-order valence-corrected chi connectivity index (χ0v) is 14.4. The molecule has 4 nitrogen and oxygen atoms in total. The van der Waals surface area contributed by atoms with Gasteiger partial charge in [0.25, 0.3) is 0 Å². The monoisotopic (exact) mass is 360 g/mol. The van der Waals surface area contributed by atoms with Gasteiger partial charge in [0.15, 0.2) is 0 Å². The van der Waals surface area contributed by atoms with Gasteiger partial charge in [-0.3, -0.25) is 9.67 Å². The minimum absolute atomic E-state index is 0.259. The number of aromatic nitrogens is 3. The van der Waals surface area contributed by atoms with Crippen LogP contribution in [0.3, 0.4) is 0 Å². The molecule has 0 spiro atoms. The highest BCUT2D eigenvalue weighted by Crippen LogP contribution is 2.35. The lowest BCUT2D eigenvalue weighted by molar-refractivity contribution is -0.137. The molecule has 4 rings (SSSR count). The molecule has 1 atom stereocenters. The van der Waals surface area contributed by atoms with E-state index >= 15 is 0 Å². The third-order valence-corrected chi connectivity index (χ3v) is 4.89. The maximum absolute atomic E-state index is 13.0. The Morgan fingerprint density at radius 1 is 1.19 bits per heavy atom. The Balaban J connectivity index is 1.67. The summed E-state index contributed by atoms with van der Waals surface area (Å²) in [5, 5.41) is 5.17. The number of anilines is 1. The van der Waals surface area contributed by atoms with Crippen LogP contribution in [0.1, 0.15) is 30.0 Å². The molecule has 0 radical (unpaired) electrons. The summed E-state index contributed by atoms with van der Waals surface area (Å²) in [5.74, 6) is 0. The average molecular weight is 360 g/mol. The van der Waals surface area contributed by atoms with Crippen LogP contribution in [-0.2, 0) is 6.18 Å². The van der Waals surface area contributed by atoms with Crippen molar-refractivity contribution < 1.29 is 13.2 Å². The summed E-state index contributed by atoms with van der Waals surface area (Å²) >= 11 is 0. The number of aryl methyl sites for hydroxylation is 1. The van der Waals surface area contributed by atoms with Crippen LogP contribution in [0.2, 0.25) is 0 Å². The predicted octanol–water partition coefficient (Wildman–Crippen LogP) is 4.60. The maximum Gasteiger partial charge on any atom is 0.416 e. The second kappa shape index (κ2) is 6.30. The smallest absolute Gasteiger partial charge is 0.369 e. The van der Waals surface area contributed by atoms with Gasteiger partial charge >= 0.3 is 6.18 Å². The molecule has 3 heterocycles. The van der Waals surface area contributed by atoms with E-state index in [0.717, 1.165) is 54.7 Å². The molecule has 1 saturated heterocycles. The third kappa shape index (κ3) is 3.13. The van der Waals surface area contributed by atoms with Crippen molar-refractivity contribution in [2.75, 3.05) is 18.0 Å². The summed E-state index contributed by atoms with van der Waals surface area (Å²) in [7, 11) is 0. The van der Waals surface area contributed by atoms with E-state index in [-0.39, 0.29) is 6.04 Å². The first kappa shape index (κ1) is 16.9. The highest BCUT2D eigenvalue weighted by atomic mass is 19.4. The van der Waals surface area contributed by atoms with Gasteiger partial charge in [-0.2, -0.15) is 18.3 Å². The molecule has 26 heavy (non-hydrogen) atoms. The van der Waals surface area contributed by atoms with Gasteiger partial charge < -0.3 is 4.90 Å². The molecule has 0 N–H and O–H groups in total. The van der Waals surface area contributed by atoms with Crippen LogP contribution in [0.5, 0.6) is 0 Å². The molecular formula is C19H19F3N4. The van der Waals surface area contributed by atoms with E-state index < -0.39 is 11.7 Å². The van der Waals surface area contributed by atoms with Crippen LogP contribution in [0, 0.1) is 6.92 Å². The van der Waals surface area contributed by atoms with Crippen molar-refractivity contribution in [2.24, 2.45) is 0 Å². The van der Waals surface area contributed by atoms with Crippen molar-refractivity contribution in [3.05, 3.63) is 54.0 Å². The van der Waals surface area contributed by atoms with Gasteiger partial charge in [0.2, 0.25) is 0 Å². The molecule has 0 aliphatic carbocycles. The van der Waals surface area contributed by atoms with E-state index in [4.69, 9.17) is 0 Å². The number of fused-ring (bicyclic) bond motifs is 1. The third-order valence-electron chi connectivity index (χ3n) is 4.89. The summed E-state index contributed by atoms with van der Waals surface area (Å²) < 4.78 is 40.9. The van der Waals surface area contributed by atoms with E-state index in [2.05, 4.69) is 15.0 Å². The number of benzene rings is 1. The zero-order valence-electron chi connectivity index (χ0n) is 14.4. The van der Waals surface area contributed by atoms with Crippen molar-refractivity contribution in [2.45, 2.75) is 32.0 Å². The SMILES string of the molecule is Cc1cnn(C2CCCN(c3ccnc4cc(C(F)(F)F)ccc34)C2)c1. The summed E-state index contributed by atoms with van der Waals surface area (Å²) in [4.78, 5) is 6.37. The van der Waals surface area contributed by atoms with Gasteiger partial charge in [-0.15, -0.1) is 0 Å². The topological polar surface area (TPSA) is 34.0 Å². The van der Waals surface area contributed by atoms with Gasteiger partial charge in [-0.1, -0.05) is 6.07 Å². The highest BCUT2D eigenvalue weighted by Gasteiger charge is 2.31. The predicted molar refractivity (Wildman–Crippen MR) is 94.2 cm³/mol. The maximum atomic E-state index is 13.0. The van der Waals surface area contributed by atoms with Crippen LogP contribution >= 0.6 is 0 Å². The lowest BCUT2D eigenvalue weighted by atomic mass is 10.0. The Morgan fingerprint density at radius 3 is 2.77 bits per heavy atom. The fraction of sp³-hybridized carbons (Fsp3) is 0.368. The first-order chi connectivity index (χ1) is 12.4. The number of piperidine rings is 1. The van der Waals surface area contributed by atoms with Gasteiger partial charge in [-0.25, -0.2) is 0 Å². The Morgan fingerprint density at radius 2 is 2.04 bits per heavy atom. The molecule has 3 aromatic rings.